The highest BCUT2D eigenvalue weighted by Gasteiger charge is 2.19. The Morgan fingerprint density at radius 2 is 2.22 bits per heavy atom. The molecule has 0 unspecified atom stereocenters. The number of halogens is 1. The fraction of sp³-hybridized carbons (Fsp3) is 0.462. The second-order valence-electron chi connectivity index (χ2n) is 4.05. The third kappa shape index (κ3) is 2.46. The summed E-state index contributed by atoms with van der Waals surface area (Å²) in [6, 6.07) is 3.99. The van der Waals surface area contributed by atoms with Crippen molar-refractivity contribution in [3.05, 3.63) is 22.2 Å². The van der Waals surface area contributed by atoms with Gasteiger partial charge in [0.1, 0.15) is 5.84 Å². The minimum atomic E-state index is 0.606. The van der Waals surface area contributed by atoms with Crippen LogP contribution in [0.4, 0.5) is 0 Å². The van der Waals surface area contributed by atoms with E-state index in [2.05, 4.69) is 25.8 Å². The minimum absolute atomic E-state index is 0.606. The van der Waals surface area contributed by atoms with E-state index in [0.29, 0.717) is 6.61 Å². The number of hydrogen-bond acceptors (Lipinski definition) is 4. The normalized spacial score (nSPS) is 14.7. The highest BCUT2D eigenvalue weighted by atomic mass is 79.9. The quantitative estimate of drug-likeness (QED) is 0.857. The van der Waals surface area contributed by atoms with Crippen LogP contribution in [0.2, 0.25) is 0 Å². The molecule has 1 aliphatic rings. The molecule has 2 rings (SSSR count). The molecular weight excluding hydrogens is 296 g/mol. The molecule has 0 aromatic heterocycles. The third-order valence-electron chi connectivity index (χ3n) is 2.83. The molecule has 1 heterocycles. The van der Waals surface area contributed by atoms with Crippen molar-refractivity contribution < 1.29 is 9.47 Å². The summed E-state index contributed by atoms with van der Waals surface area (Å²) >= 11 is 3.53. The zero-order chi connectivity index (χ0) is 13.1. The molecule has 1 aromatic carbocycles. The second-order valence-corrected chi connectivity index (χ2v) is 4.90. The van der Waals surface area contributed by atoms with Gasteiger partial charge in [-0.05, 0) is 35.0 Å². The second kappa shape index (κ2) is 5.61. The summed E-state index contributed by atoms with van der Waals surface area (Å²) in [5.41, 5.74) is 1.04. The molecule has 0 saturated carbocycles. The summed E-state index contributed by atoms with van der Waals surface area (Å²) in [6.07, 6.45) is 0. The third-order valence-corrected chi connectivity index (χ3v) is 3.42. The average Bonchev–Trinajstić information content (AvgIpc) is 2.78. The van der Waals surface area contributed by atoms with Crippen LogP contribution >= 0.6 is 15.9 Å². The summed E-state index contributed by atoms with van der Waals surface area (Å²) in [4.78, 5) is 6.64. The first-order valence-corrected chi connectivity index (χ1v) is 6.73. The predicted molar refractivity (Wildman–Crippen MR) is 75.9 cm³/mol. The van der Waals surface area contributed by atoms with E-state index in [-0.39, 0.29) is 0 Å². The number of aliphatic imine (C=N–C) groups is 1. The summed E-state index contributed by atoms with van der Waals surface area (Å²) in [5.74, 6) is 2.46. The zero-order valence-corrected chi connectivity index (χ0v) is 12.5. The maximum atomic E-state index is 5.58. The molecule has 0 N–H and O–H groups in total. The molecule has 0 aliphatic carbocycles. The topological polar surface area (TPSA) is 34.1 Å². The SMILES string of the molecule is CCOc1c(Br)cc(C2=NCCN2C)cc1OC. The van der Waals surface area contributed by atoms with E-state index >= 15 is 0 Å². The van der Waals surface area contributed by atoms with Crippen LogP contribution in [0, 0.1) is 0 Å². The summed E-state index contributed by atoms with van der Waals surface area (Å²) < 4.78 is 11.9. The van der Waals surface area contributed by atoms with Gasteiger partial charge in [0.2, 0.25) is 0 Å². The Labute approximate surface area is 116 Å². The molecule has 4 nitrogen and oxygen atoms in total. The Hall–Kier alpha value is -1.23. The fourth-order valence-corrected chi connectivity index (χ4v) is 2.53. The maximum absolute atomic E-state index is 5.58. The van der Waals surface area contributed by atoms with Gasteiger partial charge in [-0.15, -0.1) is 0 Å². The van der Waals surface area contributed by atoms with Gasteiger partial charge in [-0.3, -0.25) is 4.99 Å². The van der Waals surface area contributed by atoms with E-state index < -0.39 is 0 Å². The van der Waals surface area contributed by atoms with Gasteiger partial charge in [0.25, 0.3) is 0 Å². The van der Waals surface area contributed by atoms with Crippen molar-refractivity contribution in [2.45, 2.75) is 6.92 Å². The highest BCUT2D eigenvalue weighted by molar-refractivity contribution is 9.10. The van der Waals surface area contributed by atoms with Crippen molar-refractivity contribution in [2.75, 3.05) is 33.9 Å². The van der Waals surface area contributed by atoms with Gasteiger partial charge in [-0.25, -0.2) is 0 Å². The van der Waals surface area contributed by atoms with Gasteiger partial charge >= 0.3 is 0 Å². The van der Waals surface area contributed by atoms with E-state index in [1.54, 1.807) is 7.11 Å². The lowest BCUT2D eigenvalue weighted by molar-refractivity contribution is 0.309. The van der Waals surface area contributed by atoms with E-state index in [9.17, 15) is 0 Å². The van der Waals surface area contributed by atoms with Crippen molar-refractivity contribution in [1.29, 1.82) is 0 Å². The van der Waals surface area contributed by atoms with Gasteiger partial charge < -0.3 is 14.4 Å². The van der Waals surface area contributed by atoms with Crippen molar-refractivity contribution >= 4 is 21.8 Å². The first-order valence-electron chi connectivity index (χ1n) is 5.93. The van der Waals surface area contributed by atoms with Crippen LogP contribution in [0.15, 0.2) is 21.6 Å². The number of benzene rings is 1. The Balaban J connectivity index is 2.42. The monoisotopic (exact) mass is 312 g/mol. The maximum Gasteiger partial charge on any atom is 0.175 e. The summed E-state index contributed by atoms with van der Waals surface area (Å²) in [5, 5.41) is 0. The van der Waals surface area contributed by atoms with Crippen LogP contribution in [0.5, 0.6) is 11.5 Å². The number of rotatable bonds is 4. The Bertz CT molecular complexity index is 474. The predicted octanol–water partition coefficient (Wildman–Crippen LogP) is 2.55. The number of nitrogens with zero attached hydrogens (tertiary/aromatic N) is 2. The van der Waals surface area contributed by atoms with Gasteiger partial charge in [-0.1, -0.05) is 0 Å². The molecule has 0 bridgehead atoms. The molecule has 1 aliphatic heterocycles. The van der Waals surface area contributed by atoms with Crippen LogP contribution in [-0.4, -0.2) is 44.6 Å². The first kappa shape index (κ1) is 13.2. The number of ether oxygens (including phenoxy) is 2. The first-order chi connectivity index (χ1) is 8.67. The van der Waals surface area contributed by atoms with Gasteiger partial charge in [0.05, 0.1) is 24.7 Å². The van der Waals surface area contributed by atoms with Gasteiger partial charge in [0.15, 0.2) is 11.5 Å². The van der Waals surface area contributed by atoms with Crippen LogP contribution in [0.3, 0.4) is 0 Å². The molecule has 5 heteroatoms. The number of hydrogen-bond donors (Lipinski definition) is 0. The largest absolute Gasteiger partial charge is 0.493 e. The molecule has 0 fully saturated rings. The smallest absolute Gasteiger partial charge is 0.175 e. The lowest BCUT2D eigenvalue weighted by Gasteiger charge is -2.17. The molecule has 1 aromatic rings. The van der Waals surface area contributed by atoms with Crippen molar-refractivity contribution in [1.82, 2.24) is 4.90 Å². The molecule has 0 saturated heterocycles. The molecular formula is C13H17BrN2O2. The van der Waals surface area contributed by atoms with Gasteiger partial charge in [-0.2, -0.15) is 0 Å². The Morgan fingerprint density at radius 1 is 1.44 bits per heavy atom. The average molecular weight is 313 g/mol. The van der Waals surface area contributed by atoms with Crippen LogP contribution < -0.4 is 9.47 Å². The number of likely N-dealkylation sites (N-methyl/N-ethyl adjacent to an activating group) is 1. The molecule has 0 radical (unpaired) electrons. The van der Waals surface area contributed by atoms with Gasteiger partial charge in [0, 0.05) is 19.2 Å². The van der Waals surface area contributed by atoms with E-state index in [4.69, 9.17) is 9.47 Å². The zero-order valence-electron chi connectivity index (χ0n) is 10.9. The minimum Gasteiger partial charge on any atom is -0.493 e. The molecule has 98 valence electrons. The lowest BCUT2D eigenvalue weighted by atomic mass is 10.1. The standard InChI is InChI=1S/C13H17BrN2O2/c1-4-18-12-10(14)7-9(8-11(12)17-3)13-15-5-6-16(13)2/h7-8H,4-6H2,1-3H3. The highest BCUT2D eigenvalue weighted by Crippen LogP contribution is 2.37. The molecule has 18 heavy (non-hydrogen) atoms. The van der Waals surface area contributed by atoms with Crippen molar-refractivity contribution in [3.8, 4) is 11.5 Å². The van der Waals surface area contributed by atoms with Crippen molar-refractivity contribution in [3.63, 3.8) is 0 Å². The van der Waals surface area contributed by atoms with Crippen LogP contribution in [-0.2, 0) is 0 Å². The number of methoxy groups -OCH3 is 1. The summed E-state index contributed by atoms with van der Waals surface area (Å²) in [6.45, 7) is 4.37. The van der Waals surface area contributed by atoms with E-state index in [1.807, 2.05) is 26.1 Å². The fourth-order valence-electron chi connectivity index (χ4n) is 1.98. The molecule has 0 atom stereocenters. The van der Waals surface area contributed by atoms with Crippen LogP contribution in [0.25, 0.3) is 0 Å². The van der Waals surface area contributed by atoms with E-state index in [1.165, 1.54) is 0 Å². The van der Waals surface area contributed by atoms with E-state index in [0.717, 1.165) is 40.5 Å². The molecule has 0 amide bonds. The lowest BCUT2D eigenvalue weighted by Crippen LogP contribution is -2.23. The summed E-state index contributed by atoms with van der Waals surface area (Å²) in [7, 11) is 3.69. The molecule has 0 spiro atoms. The Kier molecular flexibility index (Phi) is 4.11. The Morgan fingerprint density at radius 3 is 2.78 bits per heavy atom. The van der Waals surface area contributed by atoms with Crippen molar-refractivity contribution in [2.24, 2.45) is 4.99 Å². The number of amidine groups is 1. The van der Waals surface area contributed by atoms with Crippen LogP contribution in [0.1, 0.15) is 12.5 Å².